The van der Waals surface area contributed by atoms with Crippen molar-refractivity contribution < 1.29 is 19.7 Å². The van der Waals surface area contributed by atoms with Gasteiger partial charge in [-0.15, -0.1) is 0 Å². The van der Waals surface area contributed by atoms with Crippen molar-refractivity contribution in [1.82, 2.24) is 19.9 Å². The molecule has 4 aromatic rings. The van der Waals surface area contributed by atoms with Crippen molar-refractivity contribution in [1.29, 1.82) is 0 Å². The quantitative estimate of drug-likeness (QED) is 0.158. The van der Waals surface area contributed by atoms with E-state index < -0.39 is 0 Å². The molecule has 11 nitrogen and oxygen atoms in total. The predicted octanol–water partition coefficient (Wildman–Crippen LogP) is 3.08. The van der Waals surface area contributed by atoms with Gasteiger partial charge in [0.05, 0.1) is 19.9 Å². The maximum atomic E-state index is 9.90. The van der Waals surface area contributed by atoms with Gasteiger partial charge < -0.3 is 25.0 Å². The van der Waals surface area contributed by atoms with Crippen molar-refractivity contribution >= 4 is 34.6 Å². The minimum absolute atomic E-state index is 0.0188. The molecule has 0 aliphatic carbocycles. The summed E-state index contributed by atoms with van der Waals surface area (Å²) in [7, 11) is 1.49. The van der Waals surface area contributed by atoms with Crippen LogP contribution < -0.4 is 20.2 Å². The molecule has 0 unspecified atom stereocenters. The molecule has 2 aromatic carbocycles. The monoisotopic (exact) mass is 461 g/mol. The summed E-state index contributed by atoms with van der Waals surface area (Å²) in [4.78, 5) is 17.2. The number of anilines is 3. The lowest BCUT2D eigenvalue weighted by Gasteiger charge is -2.11. The van der Waals surface area contributed by atoms with Gasteiger partial charge in [0.2, 0.25) is 0 Å². The summed E-state index contributed by atoms with van der Waals surface area (Å²) in [6.07, 6.45) is 4.90. The molecule has 2 aromatic heterocycles. The molecule has 0 atom stereocenters. The zero-order valence-electron chi connectivity index (χ0n) is 18.3. The van der Waals surface area contributed by atoms with E-state index in [-0.39, 0.29) is 12.4 Å². The SMILES string of the molecule is COc1ccc(/C=N/Nc2ncnc3c(Nc4cccc(OCCCO)c4)ncnc23)cc1O. The van der Waals surface area contributed by atoms with E-state index >= 15 is 0 Å². The molecule has 2 heterocycles. The summed E-state index contributed by atoms with van der Waals surface area (Å²) in [5, 5.41) is 26.2. The van der Waals surface area contributed by atoms with Gasteiger partial charge in [-0.05, 0) is 35.9 Å². The first-order valence-electron chi connectivity index (χ1n) is 10.4. The summed E-state index contributed by atoms with van der Waals surface area (Å²) >= 11 is 0. The summed E-state index contributed by atoms with van der Waals surface area (Å²) in [6.45, 7) is 0.503. The maximum Gasteiger partial charge on any atom is 0.176 e. The van der Waals surface area contributed by atoms with Crippen molar-refractivity contribution in [2.75, 3.05) is 31.1 Å². The second-order valence-corrected chi connectivity index (χ2v) is 7.02. The molecule has 11 heteroatoms. The number of aromatic hydroxyl groups is 1. The van der Waals surface area contributed by atoms with E-state index in [0.717, 1.165) is 5.69 Å². The van der Waals surface area contributed by atoms with Crippen LogP contribution in [0.2, 0.25) is 0 Å². The van der Waals surface area contributed by atoms with Crippen LogP contribution in [-0.2, 0) is 0 Å². The van der Waals surface area contributed by atoms with Crippen LogP contribution in [0.25, 0.3) is 11.0 Å². The summed E-state index contributed by atoms with van der Waals surface area (Å²) in [5.41, 5.74) is 5.27. The molecule has 0 spiro atoms. The number of aromatic nitrogens is 4. The van der Waals surface area contributed by atoms with Crippen LogP contribution in [0.15, 0.2) is 60.2 Å². The minimum Gasteiger partial charge on any atom is -0.504 e. The number of nitrogens with zero attached hydrogens (tertiary/aromatic N) is 5. The third kappa shape index (κ3) is 5.45. The average molecular weight is 461 g/mol. The number of hydrogen-bond donors (Lipinski definition) is 4. The highest BCUT2D eigenvalue weighted by Gasteiger charge is 2.11. The van der Waals surface area contributed by atoms with Crippen molar-refractivity contribution in [3.8, 4) is 17.2 Å². The molecule has 0 amide bonds. The molecular weight excluding hydrogens is 438 g/mol. The number of rotatable bonds is 10. The summed E-state index contributed by atoms with van der Waals surface area (Å²) in [5.74, 6) is 1.96. The molecular formula is C23H23N7O4. The van der Waals surface area contributed by atoms with Crippen LogP contribution in [0.3, 0.4) is 0 Å². The van der Waals surface area contributed by atoms with E-state index in [1.54, 1.807) is 12.1 Å². The zero-order valence-corrected chi connectivity index (χ0v) is 18.3. The Morgan fingerprint density at radius 1 is 1.00 bits per heavy atom. The molecule has 4 N–H and O–H groups in total. The standard InChI is InChI=1S/C23H23N7O4/c1-33-19-7-6-15(10-18(19)32)12-28-30-23-21-20(24-14-27-23)22(26-13-25-21)29-16-4-2-5-17(11-16)34-9-3-8-31/h2,4-7,10-14,31-32H,3,8-9H2,1H3,(H,24,27,30)(H,25,26,29)/b28-12+. The highest BCUT2D eigenvalue weighted by molar-refractivity contribution is 5.93. The lowest BCUT2D eigenvalue weighted by Crippen LogP contribution is -2.02. The summed E-state index contributed by atoms with van der Waals surface area (Å²) in [6, 6.07) is 12.3. The van der Waals surface area contributed by atoms with Gasteiger partial charge in [0, 0.05) is 24.8 Å². The molecule has 4 rings (SSSR count). The molecule has 0 saturated heterocycles. The largest absolute Gasteiger partial charge is 0.504 e. The predicted molar refractivity (Wildman–Crippen MR) is 128 cm³/mol. The number of hydrazone groups is 1. The second-order valence-electron chi connectivity index (χ2n) is 7.02. The average Bonchev–Trinajstić information content (AvgIpc) is 2.85. The number of nitrogens with one attached hydrogen (secondary N) is 2. The minimum atomic E-state index is 0.0188. The molecule has 0 radical (unpaired) electrons. The molecule has 174 valence electrons. The van der Waals surface area contributed by atoms with Crippen LogP contribution in [0, 0.1) is 0 Å². The number of fused-ring (bicyclic) bond motifs is 1. The van der Waals surface area contributed by atoms with Gasteiger partial charge in [-0.3, -0.25) is 5.43 Å². The van der Waals surface area contributed by atoms with E-state index in [4.69, 9.17) is 14.6 Å². The number of hydrogen-bond acceptors (Lipinski definition) is 11. The molecule has 0 aliphatic rings. The molecule has 0 saturated carbocycles. The number of methoxy groups -OCH3 is 1. The van der Waals surface area contributed by atoms with Gasteiger partial charge in [-0.2, -0.15) is 5.10 Å². The third-order valence-corrected chi connectivity index (χ3v) is 4.68. The number of ether oxygens (including phenoxy) is 2. The first kappa shape index (κ1) is 22.7. The summed E-state index contributed by atoms with van der Waals surface area (Å²) < 4.78 is 10.7. The van der Waals surface area contributed by atoms with Gasteiger partial charge in [0.1, 0.15) is 29.4 Å². The normalized spacial score (nSPS) is 11.0. The van der Waals surface area contributed by atoms with Crippen LogP contribution in [-0.4, -0.2) is 56.7 Å². The van der Waals surface area contributed by atoms with E-state index in [9.17, 15) is 5.11 Å². The lowest BCUT2D eigenvalue weighted by atomic mass is 10.2. The third-order valence-electron chi connectivity index (χ3n) is 4.68. The van der Waals surface area contributed by atoms with Crippen molar-refractivity contribution in [2.24, 2.45) is 5.10 Å². The van der Waals surface area contributed by atoms with Crippen molar-refractivity contribution in [3.63, 3.8) is 0 Å². The zero-order chi connectivity index (χ0) is 23.8. The Hall–Kier alpha value is -4.51. The van der Waals surface area contributed by atoms with E-state index in [1.807, 2.05) is 24.3 Å². The highest BCUT2D eigenvalue weighted by atomic mass is 16.5. The Morgan fingerprint density at radius 3 is 2.56 bits per heavy atom. The molecule has 0 bridgehead atoms. The Bertz CT molecular complexity index is 1300. The Labute approximate surface area is 195 Å². The van der Waals surface area contributed by atoms with Gasteiger partial charge in [0.15, 0.2) is 23.1 Å². The number of phenolic OH excluding ortho intramolecular Hbond substituents is 1. The van der Waals surface area contributed by atoms with Gasteiger partial charge in [-0.1, -0.05) is 6.07 Å². The topological polar surface area (TPSA) is 147 Å². The first-order chi connectivity index (χ1) is 16.7. The number of aliphatic hydroxyl groups excluding tert-OH is 1. The first-order valence-corrected chi connectivity index (χ1v) is 10.4. The Balaban J connectivity index is 1.52. The second kappa shape index (κ2) is 10.9. The lowest BCUT2D eigenvalue weighted by molar-refractivity contribution is 0.233. The molecule has 34 heavy (non-hydrogen) atoms. The van der Waals surface area contributed by atoms with Crippen LogP contribution in [0.5, 0.6) is 17.2 Å². The van der Waals surface area contributed by atoms with Crippen molar-refractivity contribution in [3.05, 3.63) is 60.7 Å². The van der Waals surface area contributed by atoms with Gasteiger partial charge in [0.25, 0.3) is 0 Å². The van der Waals surface area contributed by atoms with E-state index in [0.29, 0.717) is 52.8 Å². The molecule has 0 fully saturated rings. The number of aliphatic hydroxyl groups is 1. The number of benzene rings is 2. The smallest absolute Gasteiger partial charge is 0.176 e. The fourth-order valence-corrected chi connectivity index (χ4v) is 3.06. The fourth-order valence-electron chi connectivity index (χ4n) is 3.06. The van der Waals surface area contributed by atoms with Crippen LogP contribution in [0.4, 0.5) is 17.3 Å². The maximum absolute atomic E-state index is 9.90. The fraction of sp³-hybridized carbons (Fsp3) is 0.174. The Morgan fingerprint density at radius 2 is 1.79 bits per heavy atom. The van der Waals surface area contributed by atoms with Crippen molar-refractivity contribution in [2.45, 2.75) is 6.42 Å². The van der Waals surface area contributed by atoms with E-state index in [1.165, 1.54) is 32.0 Å². The van der Waals surface area contributed by atoms with E-state index in [2.05, 4.69) is 35.8 Å². The number of phenols is 1. The van der Waals surface area contributed by atoms with Crippen LogP contribution in [0.1, 0.15) is 12.0 Å². The van der Waals surface area contributed by atoms with Gasteiger partial charge in [-0.25, -0.2) is 19.9 Å². The van der Waals surface area contributed by atoms with Gasteiger partial charge >= 0.3 is 0 Å². The highest BCUT2D eigenvalue weighted by Crippen LogP contribution is 2.27. The van der Waals surface area contributed by atoms with Crippen LogP contribution >= 0.6 is 0 Å². The Kier molecular flexibility index (Phi) is 7.25. The molecule has 0 aliphatic heterocycles.